The summed E-state index contributed by atoms with van der Waals surface area (Å²) in [4.78, 5) is 14.6. The van der Waals surface area contributed by atoms with E-state index in [0.29, 0.717) is 11.6 Å². The van der Waals surface area contributed by atoms with Crippen LogP contribution in [-0.2, 0) is 0 Å². The van der Waals surface area contributed by atoms with Gasteiger partial charge in [-0.2, -0.15) is 0 Å². The molecule has 0 bridgehead atoms. The molecule has 1 saturated heterocycles. The van der Waals surface area contributed by atoms with Crippen LogP contribution in [-0.4, -0.2) is 34.6 Å². The second kappa shape index (κ2) is 4.14. The van der Waals surface area contributed by atoms with Gasteiger partial charge >= 0.3 is 0 Å². The summed E-state index contributed by atoms with van der Waals surface area (Å²) in [6.45, 7) is -0.194. The number of aliphatic imine (C=N–C) groups is 1. The molecule has 2 N–H and O–H groups in total. The minimum Gasteiger partial charge on any atom is -0.393 e. The lowest BCUT2D eigenvalue weighted by molar-refractivity contribution is 0.264. The third kappa shape index (κ3) is 2.26. The molecule has 0 radical (unpaired) electrons. The van der Waals surface area contributed by atoms with E-state index >= 15 is 0 Å². The molecule has 1 fully saturated rings. The van der Waals surface area contributed by atoms with Crippen molar-refractivity contribution in [1.29, 1.82) is 0 Å². The highest BCUT2D eigenvalue weighted by Crippen LogP contribution is 2.09. The van der Waals surface area contributed by atoms with E-state index in [2.05, 4.69) is 16.2 Å². The Balaban J connectivity index is 2.57. The van der Waals surface area contributed by atoms with Crippen LogP contribution in [0.1, 0.15) is 0 Å². The average molecular weight is 184 g/mol. The Morgan fingerprint density at radius 1 is 1.92 bits per heavy atom. The molecule has 1 aliphatic heterocycles. The van der Waals surface area contributed by atoms with E-state index in [1.165, 1.54) is 0 Å². The Hall–Kier alpha value is -0.990. The van der Waals surface area contributed by atoms with Crippen LogP contribution < -0.4 is 5.32 Å². The van der Waals surface area contributed by atoms with Crippen LogP contribution in [0.3, 0.4) is 0 Å². The van der Waals surface area contributed by atoms with Crippen LogP contribution in [0.2, 0.25) is 0 Å². The van der Waals surface area contributed by atoms with Crippen molar-refractivity contribution in [3.8, 4) is 12.3 Å². The summed E-state index contributed by atoms with van der Waals surface area (Å²) < 4.78 is 0. The van der Waals surface area contributed by atoms with Crippen LogP contribution in [0.15, 0.2) is 4.99 Å². The number of nitrogens with one attached hydrogen (secondary N) is 1. The average Bonchev–Trinajstić information content (AvgIpc) is 2.47. The van der Waals surface area contributed by atoms with Crippen molar-refractivity contribution < 1.29 is 9.90 Å². The van der Waals surface area contributed by atoms with Crippen molar-refractivity contribution in [2.75, 3.05) is 12.4 Å². The van der Waals surface area contributed by atoms with Gasteiger partial charge in [0.1, 0.15) is 11.9 Å². The summed E-state index contributed by atoms with van der Waals surface area (Å²) in [5.41, 5.74) is 0. The summed E-state index contributed by atoms with van der Waals surface area (Å²) in [7, 11) is 0. The number of aliphatic hydroxyl groups excluding tert-OH is 1. The summed E-state index contributed by atoms with van der Waals surface area (Å²) in [5.74, 6) is 3.35. The third-order valence-electron chi connectivity index (χ3n) is 1.26. The lowest BCUT2D eigenvalue weighted by Gasteiger charge is -2.00. The van der Waals surface area contributed by atoms with E-state index < -0.39 is 6.04 Å². The zero-order valence-corrected chi connectivity index (χ0v) is 7.10. The Bertz CT molecular complexity index is 257. The molecule has 1 heterocycles. The predicted molar refractivity (Wildman–Crippen MR) is 48.1 cm³/mol. The fourth-order valence-electron chi connectivity index (χ4n) is 0.712. The molecule has 0 aliphatic carbocycles. The first-order valence-corrected chi connectivity index (χ1v) is 4.32. The second-order valence-electron chi connectivity index (χ2n) is 2.14. The van der Waals surface area contributed by atoms with Crippen LogP contribution in [0, 0.1) is 12.3 Å². The molecule has 0 aromatic heterocycles. The van der Waals surface area contributed by atoms with E-state index in [1.54, 1.807) is 0 Å². The molecule has 0 unspecified atom stereocenters. The normalized spacial score (nSPS) is 22.0. The highest BCUT2D eigenvalue weighted by Gasteiger charge is 2.17. The first-order chi connectivity index (χ1) is 5.76. The molecule has 0 spiro atoms. The van der Waals surface area contributed by atoms with Gasteiger partial charge in [-0.05, 0) is 0 Å². The highest BCUT2D eigenvalue weighted by molar-refractivity contribution is 8.14. The van der Waals surface area contributed by atoms with Crippen molar-refractivity contribution >= 4 is 22.8 Å². The molecule has 5 heteroatoms. The van der Waals surface area contributed by atoms with Crippen LogP contribution in [0.25, 0.3) is 0 Å². The summed E-state index contributed by atoms with van der Waals surface area (Å²) in [5, 5.41) is 11.1. The minimum absolute atomic E-state index is 0.123. The summed E-state index contributed by atoms with van der Waals surface area (Å²) in [6, 6.07) is -0.543. The van der Waals surface area contributed by atoms with Crippen LogP contribution in [0.4, 0.5) is 4.79 Å². The number of amidine groups is 1. The number of nitrogens with zero attached hydrogens (tertiary/aromatic N) is 1. The number of amides is 1. The van der Waals surface area contributed by atoms with E-state index in [1.807, 2.05) is 0 Å². The second-order valence-corrected chi connectivity index (χ2v) is 3.09. The monoisotopic (exact) mass is 184 g/mol. The number of thioether (sulfide) groups is 1. The van der Waals surface area contributed by atoms with E-state index in [-0.39, 0.29) is 11.8 Å². The molecule has 1 atom stereocenters. The maximum absolute atomic E-state index is 10.7. The number of aliphatic hydroxyl groups is 1. The Morgan fingerprint density at radius 3 is 3.08 bits per heavy atom. The van der Waals surface area contributed by atoms with Gasteiger partial charge in [0.25, 0.3) is 5.24 Å². The van der Waals surface area contributed by atoms with Gasteiger partial charge in [0, 0.05) is 0 Å². The maximum Gasteiger partial charge on any atom is 0.284 e. The topological polar surface area (TPSA) is 61.7 Å². The number of terminal acetylenes is 1. The number of carbonyl (C=O) groups is 1. The number of hydrogen-bond acceptors (Lipinski definition) is 4. The van der Waals surface area contributed by atoms with Gasteiger partial charge in [0.15, 0.2) is 0 Å². The van der Waals surface area contributed by atoms with E-state index in [0.717, 1.165) is 11.8 Å². The Morgan fingerprint density at radius 2 is 2.67 bits per heavy atom. The zero-order chi connectivity index (χ0) is 8.97. The summed E-state index contributed by atoms with van der Waals surface area (Å²) >= 11 is 1.14. The van der Waals surface area contributed by atoms with Crippen LogP contribution >= 0.6 is 11.8 Å². The van der Waals surface area contributed by atoms with E-state index in [9.17, 15) is 4.79 Å². The Labute approximate surface area is 74.4 Å². The van der Waals surface area contributed by atoms with Gasteiger partial charge in [-0.1, -0.05) is 17.7 Å². The number of carbonyl (C=O) groups excluding carboxylic acids is 1. The fourth-order valence-corrected chi connectivity index (χ4v) is 1.32. The molecule has 1 amide bonds. The van der Waals surface area contributed by atoms with Gasteiger partial charge in [0.2, 0.25) is 0 Å². The van der Waals surface area contributed by atoms with Crippen LogP contribution in [0.5, 0.6) is 0 Å². The number of rotatable bonds is 2. The maximum atomic E-state index is 10.7. The molecule has 1 aliphatic rings. The summed E-state index contributed by atoms with van der Waals surface area (Å²) in [6.07, 6.45) is 5.06. The molecule has 4 nitrogen and oxygen atoms in total. The zero-order valence-electron chi connectivity index (χ0n) is 6.28. The molecular weight excluding hydrogens is 176 g/mol. The van der Waals surface area contributed by atoms with E-state index in [4.69, 9.17) is 11.5 Å². The Kier molecular flexibility index (Phi) is 3.14. The molecule has 12 heavy (non-hydrogen) atoms. The third-order valence-corrected chi connectivity index (χ3v) is 2.05. The van der Waals surface area contributed by atoms with Gasteiger partial charge in [-0.15, -0.1) is 6.42 Å². The molecule has 0 aromatic carbocycles. The van der Waals surface area contributed by atoms with Gasteiger partial charge in [-0.25, -0.2) is 0 Å². The fraction of sp³-hybridized carbons (Fsp3) is 0.429. The molecule has 64 valence electrons. The smallest absolute Gasteiger partial charge is 0.284 e. The van der Waals surface area contributed by atoms with Gasteiger partial charge < -0.3 is 10.4 Å². The quantitative estimate of drug-likeness (QED) is 0.586. The van der Waals surface area contributed by atoms with Crippen molar-refractivity contribution in [2.24, 2.45) is 4.99 Å². The standard InChI is InChI=1S/C7H8N2O2S/c1-2-5(3-10)8-6-4-12-7(11)9-6/h1,5,10H,3-4H2,(H,8,9,11)/t5-/m1/s1. The van der Waals surface area contributed by atoms with Crippen molar-refractivity contribution in [3.63, 3.8) is 0 Å². The lowest BCUT2D eigenvalue weighted by atomic mass is 10.3. The lowest BCUT2D eigenvalue weighted by Crippen LogP contribution is -2.23. The van der Waals surface area contributed by atoms with Gasteiger partial charge in [-0.3, -0.25) is 9.79 Å². The number of hydrogen-bond donors (Lipinski definition) is 2. The molecular formula is C7H8N2O2S. The predicted octanol–water partition coefficient (Wildman–Crippen LogP) is -0.165. The SMILES string of the molecule is C#C[C@H](CO)N=C1CSC(=O)N1. The van der Waals surface area contributed by atoms with Gasteiger partial charge in [0.05, 0.1) is 12.4 Å². The highest BCUT2D eigenvalue weighted by atomic mass is 32.2. The largest absolute Gasteiger partial charge is 0.393 e. The van der Waals surface area contributed by atoms with Crippen molar-refractivity contribution in [1.82, 2.24) is 5.32 Å². The first-order valence-electron chi connectivity index (χ1n) is 3.33. The first kappa shape index (κ1) is 9.10. The van der Waals surface area contributed by atoms with Crippen molar-refractivity contribution in [2.45, 2.75) is 6.04 Å². The minimum atomic E-state index is -0.543. The molecule has 1 rings (SSSR count). The molecule has 0 saturated carbocycles. The van der Waals surface area contributed by atoms with Crippen molar-refractivity contribution in [3.05, 3.63) is 0 Å². The molecule has 0 aromatic rings.